The van der Waals surface area contributed by atoms with Gasteiger partial charge in [-0.2, -0.15) is 5.10 Å². The molecule has 0 fully saturated rings. The number of hydrogen-bond donors (Lipinski definition) is 1. The molecule has 0 atom stereocenters. The van der Waals surface area contributed by atoms with E-state index in [0.29, 0.717) is 11.3 Å². The molecule has 0 radical (unpaired) electrons. The van der Waals surface area contributed by atoms with Gasteiger partial charge in [-0.3, -0.25) is 9.10 Å². The lowest BCUT2D eigenvalue weighted by Crippen LogP contribution is -2.26. The minimum atomic E-state index is -3.69. The zero-order chi connectivity index (χ0) is 22.4. The third-order valence-electron chi connectivity index (χ3n) is 4.67. The summed E-state index contributed by atoms with van der Waals surface area (Å²) in [5.41, 5.74) is 5.04. The fourth-order valence-electron chi connectivity index (χ4n) is 2.75. The molecule has 0 aliphatic heterocycles. The number of aryl methyl sites for hydroxylation is 1. The van der Waals surface area contributed by atoms with Gasteiger partial charge in [0.25, 0.3) is 15.9 Å². The topological polar surface area (TPSA) is 88.1 Å². The first kappa shape index (κ1) is 22.0. The molecule has 3 rings (SSSR count). The molecule has 1 amide bonds. The van der Waals surface area contributed by atoms with Crippen molar-refractivity contribution in [3.05, 3.63) is 89.5 Å². The predicted octanol–water partition coefficient (Wildman–Crippen LogP) is 3.59. The maximum atomic E-state index is 12.8. The number of ether oxygens (including phenoxy) is 1. The van der Waals surface area contributed by atoms with Crippen LogP contribution in [0.5, 0.6) is 5.75 Å². The van der Waals surface area contributed by atoms with Gasteiger partial charge in [0.2, 0.25) is 0 Å². The van der Waals surface area contributed by atoms with Gasteiger partial charge in [0.15, 0.2) is 0 Å². The maximum absolute atomic E-state index is 12.8. The first-order valence-corrected chi connectivity index (χ1v) is 10.9. The molecule has 0 saturated heterocycles. The Balaban J connectivity index is 1.66. The number of hydrazone groups is 1. The third-order valence-corrected chi connectivity index (χ3v) is 6.47. The lowest BCUT2D eigenvalue weighted by Gasteiger charge is -2.19. The molecule has 7 nitrogen and oxygen atoms in total. The first-order chi connectivity index (χ1) is 14.8. The monoisotopic (exact) mass is 437 g/mol. The minimum Gasteiger partial charge on any atom is -0.497 e. The van der Waals surface area contributed by atoms with Crippen molar-refractivity contribution < 1.29 is 17.9 Å². The Hall–Kier alpha value is -3.65. The first-order valence-electron chi connectivity index (χ1n) is 9.44. The quantitative estimate of drug-likeness (QED) is 0.452. The van der Waals surface area contributed by atoms with Crippen LogP contribution in [0, 0.1) is 6.92 Å². The van der Waals surface area contributed by atoms with Crippen LogP contribution in [0.25, 0.3) is 0 Å². The highest BCUT2D eigenvalue weighted by molar-refractivity contribution is 7.92. The summed E-state index contributed by atoms with van der Waals surface area (Å²) < 4.78 is 31.9. The standard InChI is InChI=1S/C23H23N3O4S/c1-17-4-14-22(15-5-17)31(28,29)26(2)20-10-8-19(9-11-20)23(27)25-24-16-18-6-12-21(30-3)13-7-18/h4-16H,1-3H3,(H,25,27)/b24-16-. The molecular formula is C23H23N3O4S. The number of rotatable bonds is 7. The lowest BCUT2D eigenvalue weighted by molar-refractivity contribution is 0.0955. The molecular weight excluding hydrogens is 414 g/mol. The molecule has 0 bridgehead atoms. The van der Waals surface area contributed by atoms with Crippen molar-refractivity contribution in [3.63, 3.8) is 0 Å². The van der Waals surface area contributed by atoms with Crippen LogP contribution in [0.3, 0.4) is 0 Å². The number of sulfonamides is 1. The van der Waals surface area contributed by atoms with Crippen LogP contribution in [0.15, 0.2) is 82.8 Å². The van der Waals surface area contributed by atoms with E-state index in [2.05, 4.69) is 10.5 Å². The molecule has 0 aliphatic carbocycles. The number of hydrogen-bond acceptors (Lipinski definition) is 5. The van der Waals surface area contributed by atoms with E-state index in [-0.39, 0.29) is 4.90 Å². The molecule has 3 aromatic rings. The van der Waals surface area contributed by atoms with Crippen LogP contribution in [-0.2, 0) is 10.0 Å². The fraction of sp³-hybridized carbons (Fsp3) is 0.130. The van der Waals surface area contributed by atoms with E-state index in [1.54, 1.807) is 67.8 Å². The number of nitrogens with one attached hydrogen (secondary N) is 1. The molecule has 0 saturated carbocycles. The van der Waals surface area contributed by atoms with Crippen molar-refractivity contribution in [2.75, 3.05) is 18.5 Å². The molecule has 0 aromatic heterocycles. The summed E-state index contributed by atoms with van der Waals surface area (Å²) in [6, 6.07) is 20.1. The highest BCUT2D eigenvalue weighted by atomic mass is 32.2. The zero-order valence-corrected chi connectivity index (χ0v) is 18.3. The van der Waals surface area contributed by atoms with E-state index < -0.39 is 15.9 Å². The summed E-state index contributed by atoms with van der Waals surface area (Å²) in [5.74, 6) is 0.330. The Kier molecular flexibility index (Phi) is 6.71. The number of methoxy groups -OCH3 is 1. The number of benzene rings is 3. The van der Waals surface area contributed by atoms with Gasteiger partial charge in [-0.25, -0.2) is 13.8 Å². The summed E-state index contributed by atoms with van der Waals surface area (Å²) in [6.07, 6.45) is 1.52. The highest BCUT2D eigenvalue weighted by Gasteiger charge is 2.21. The van der Waals surface area contributed by atoms with E-state index in [9.17, 15) is 13.2 Å². The second-order valence-electron chi connectivity index (χ2n) is 6.80. The maximum Gasteiger partial charge on any atom is 0.271 e. The van der Waals surface area contributed by atoms with Crippen LogP contribution in [0.2, 0.25) is 0 Å². The van der Waals surface area contributed by atoms with Gasteiger partial charge in [0.05, 0.1) is 23.9 Å². The normalized spacial score (nSPS) is 11.3. The summed E-state index contributed by atoms with van der Waals surface area (Å²) in [5, 5.41) is 3.95. The number of amides is 1. The fourth-order valence-corrected chi connectivity index (χ4v) is 3.95. The summed E-state index contributed by atoms with van der Waals surface area (Å²) in [7, 11) is -0.628. The van der Waals surface area contributed by atoms with E-state index in [4.69, 9.17) is 4.74 Å². The van der Waals surface area contributed by atoms with Gasteiger partial charge >= 0.3 is 0 Å². The average molecular weight is 438 g/mol. The largest absolute Gasteiger partial charge is 0.497 e. The SMILES string of the molecule is COc1ccc(/C=N\NC(=O)c2ccc(N(C)S(=O)(=O)c3ccc(C)cc3)cc2)cc1. The van der Waals surface area contributed by atoms with Crippen LogP contribution in [0.4, 0.5) is 5.69 Å². The Morgan fingerprint density at radius 1 is 0.968 bits per heavy atom. The van der Waals surface area contributed by atoms with Crippen molar-refractivity contribution in [3.8, 4) is 5.75 Å². The van der Waals surface area contributed by atoms with Gasteiger partial charge in [-0.1, -0.05) is 17.7 Å². The smallest absolute Gasteiger partial charge is 0.271 e. The van der Waals surface area contributed by atoms with Gasteiger partial charge in [-0.15, -0.1) is 0 Å². The van der Waals surface area contributed by atoms with Crippen LogP contribution in [-0.4, -0.2) is 34.7 Å². The van der Waals surface area contributed by atoms with Crippen molar-refractivity contribution in [1.29, 1.82) is 0 Å². The summed E-state index contributed by atoms with van der Waals surface area (Å²) in [4.78, 5) is 12.5. The van der Waals surface area contributed by atoms with Crippen LogP contribution >= 0.6 is 0 Å². The van der Waals surface area contributed by atoms with Gasteiger partial charge in [-0.05, 0) is 73.2 Å². The molecule has 8 heteroatoms. The van der Waals surface area contributed by atoms with Crippen LogP contribution in [0.1, 0.15) is 21.5 Å². The second kappa shape index (κ2) is 9.44. The van der Waals surface area contributed by atoms with Crippen LogP contribution < -0.4 is 14.5 Å². The third kappa shape index (κ3) is 5.29. The van der Waals surface area contributed by atoms with E-state index in [0.717, 1.165) is 16.9 Å². The van der Waals surface area contributed by atoms with Crippen molar-refractivity contribution in [1.82, 2.24) is 5.43 Å². The van der Waals surface area contributed by atoms with E-state index in [1.165, 1.54) is 17.6 Å². The lowest BCUT2D eigenvalue weighted by atomic mass is 10.2. The molecule has 3 aromatic carbocycles. The van der Waals surface area contributed by atoms with Crippen molar-refractivity contribution in [2.24, 2.45) is 5.10 Å². The van der Waals surface area contributed by atoms with Gasteiger partial charge in [0.1, 0.15) is 5.75 Å². The van der Waals surface area contributed by atoms with E-state index >= 15 is 0 Å². The zero-order valence-electron chi connectivity index (χ0n) is 17.4. The molecule has 0 spiro atoms. The number of anilines is 1. The van der Waals surface area contributed by atoms with Gasteiger partial charge < -0.3 is 4.74 Å². The van der Waals surface area contributed by atoms with Gasteiger partial charge in [0, 0.05) is 12.6 Å². The number of nitrogens with zero attached hydrogens (tertiary/aromatic N) is 2. The Labute approximate surface area is 182 Å². The summed E-state index contributed by atoms with van der Waals surface area (Å²) >= 11 is 0. The van der Waals surface area contributed by atoms with Crippen molar-refractivity contribution in [2.45, 2.75) is 11.8 Å². The highest BCUT2D eigenvalue weighted by Crippen LogP contribution is 2.22. The second-order valence-corrected chi connectivity index (χ2v) is 8.77. The predicted molar refractivity (Wildman–Crippen MR) is 121 cm³/mol. The summed E-state index contributed by atoms with van der Waals surface area (Å²) in [6.45, 7) is 1.89. The molecule has 160 valence electrons. The number of carbonyl (C=O) groups excluding carboxylic acids is 1. The Bertz CT molecular complexity index is 1170. The Morgan fingerprint density at radius 3 is 2.16 bits per heavy atom. The minimum absolute atomic E-state index is 0.204. The molecule has 0 aliphatic rings. The molecule has 31 heavy (non-hydrogen) atoms. The molecule has 1 N–H and O–H groups in total. The Morgan fingerprint density at radius 2 is 1.58 bits per heavy atom. The average Bonchev–Trinajstić information content (AvgIpc) is 2.79. The van der Waals surface area contributed by atoms with Crippen molar-refractivity contribution >= 4 is 27.8 Å². The van der Waals surface area contributed by atoms with E-state index in [1.807, 2.05) is 19.1 Å². The molecule has 0 heterocycles. The number of carbonyl (C=O) groups is 1. The molecule has 0 unspecified atom stereocenters.